The summed E-state index contributed by atoms with van der Waals surface area (Å²) in [7, 11) is 6.14. The minimum atomic E-state index is 0.0889. The van der Waals surface area contributed by atoms with Gasteiger partial charge in [0.05, 0.1) is 17.7 Å². The number of aromatic nitrogens is 1. The first kappa shape index (κ1) is 18.5. The highest BCUT2D eigenvalue weighted by molar-refractivity contribution is 6.31. The Morgan fingerprint density at radius 1 is 1.22 bits per heavy atom. The standard InChI is InChI=1S/C21H27ClN4O/c1-24(2)12-14-4-7-17(8-5-14)26-20-15(13-25(3)21(26)27)11-23-19-9-6-16(22)10-18(19)20/h6,9-11,14,17H,4-5,7-8,12-13H2,1-3H3/t14-,17-. The minimum absolute atomic E-state index is 0.0889. The molecule has 0 unspecified atom stereocenters. The molecule has 0 atom stereocenters. The van der Waals surface area contributed by atoms with Crippen LogP contribution in [0.3, 0.4) is 0 Å². The lowest BCUT2D eigenvalue weighted by atomic mass is 9.84. The number of hydrogen-bond donors (Lipinski definition) is 0. The molecule has 5 nitrogen and oxygen atoms in total. The predicted octanol–water partition coefficient (Wildman–Crippen LogP) is 4.38. The molecule has 0 bridgehead atoms. The van der Waals surface area contributed by atoms with E-state index in [1.807, 2.05) is 36.3 Å². The minimum Gasteiger partial charge on any atom is -0.323 e. The number of rotatable bonds is 3. The van der Waals surface area contributed by atoms with Crippen LogP contribution in [0.4, 0.5) is 10.5 Å². The summed E-state index contributed by atoms with van der Waals surface area (Å²) < 4.78 is 0. The first-order chi connectivity index (χ1) is 12.9. The maximum absolute atomic E-state index is 13.2. The highest BCUT2D eigenvalue weighted by Gasteiger charge is 2.37. The molecule has 2 amide bonds. The van der Waals surface area contributed by atoms with Crippen molar-refractivity contribution in [1.29, 1.82) is 0 Å². The Morgan fingerprint density at radius 2 is 1.96 bits per heavy atom. The Balaban J connectivity index is 1.71. The van der Waals surface area contributed by atoms with Crippen LogP contribution in [-0.4, -0.2) is 54.5 Å². The fourth-order valence-electron chi connectivity index (χ4n) is 4.64. The molecule has 27 heavy (non-hydrogen) atoms. The third-order valence-electron chi connectivity index (χ3n) is 5.86. The molecule has 0 spiro atoms. The number of anilines is 1. The maximum Gasteiger partial charge on any atom is 0.324 e. The summed E-state index contributed by atoms with van der Waals surface area (Å²) in [6, 6.07) is 6.07. The van der Waals surface area contributed by atoms with E-state index < -0.39 is 0 Å². The number of fused-ring (bicyclic) bond motifs is 3. The van der Waals surface area contributed by atoms with Crippen LogP contribution in [0.2, 0.25) is 5.02 Å². The van der Waals surface area contributed by atoms with E-state index in [1.165, 1.54) is 0 Å². The number of benzene rings is 1. The summed E-state index contributed by atoms with van der Waals surface area (Å²) in [4.78, 5) is 23.9. The monoisotopic (exact) mass is 386 g/mol. The molecule has 144 valence electrons. The number of urea groups is 1. The molecule has 1 fully saturated rings. The average Bonchev–Trinajstić information content (AvgIpc) is 2.63. The molecule has 1 aliphatic carbocycles. The highest BCUT2D eigenvalue weighted by Crippen LogP contribution is 2.40. The number of pyridine rings is 1. The number of hydrogen-bond acceptors (Lipinski definition) is 3. The van der Waals surface area contributed by atoms with Gasteiger partial charge < -0.3 is 9.80 Å². The van der Waals surface area contributed by atoms with Crippen LogP contribution in [-0.2, 0) is 6.54 Å². The second kappa shape index (κ2) is 7.28. The van der Waals surface area contributed by atoms with Crippen LogP contribution in [0.1, 0.15) is 31.2 Å². The van der Waals surface area contributed by atoms with E-state index in [0.717, 1.165) is 60.3 Å². The van der Waals surface area contributed by atoms with Gasteiger partial charge in [0.1, 0.15) is 0 Å². The van der Waals surface area contributed by atoms with Gasteiger partial charge in [-0.1, -0.05) is 11.6 Å². The van der Waals surface area contributed by atoms with E-state index in [0.29, 0.717) is 11.6 Å². The lowest BCUT2D eigenvalue weighted by Gasteiger charge is -2.43. The largest absolute Gasteiger partial charge is 0.324 e. The van der Waals surface area contributed by atoms with E-state index in [1.54, 1.807) is 4.90 Å². The Morgan fingerprint density at radius 3 is 2.67 bits per heavy atom. The Hall–Kier alpha value is -1.85. The maximum atomic E-state index is 13.2. The van der Waals surface area contributed by atoms with Gasteiger partial charge in [0, 0.05) is 41.8 Å². The molecule has 4 rings (SSSR count). The van der Waals surface area contributed by atoms with Crippen molar-refractivity contribution in [3.63, 3.8) is 0 Å². The fraction of sp³-hybridized carbons (Fsp3) is 0.524. The zero-order valence-corrected chi connectivity index (χ0v) is 17.0. The Kier molecular flexibility index (Phi) is 4.99. The van der Waals surface area contributed by atoms with E-state index >= 15 is 0 Å². The normalized spacial score (nSPS) is 23.2. The summed E-state index contributed by atoms with van der Waals surface area (Å²) in [5.74, 6) is 0.719. The zero-order valence-electron chi connectivity index (χ0n) is 16.3. The van der Waals surface area contributed by atoms with Gasteiger partial charge in [-0.2, -0.15) is 0 Å². The second-order valence-corrected chi connectivity index (χ2v) is 8.68. The van der Waals surface area contributed by atoms with Gasteiger partial charge in [-0.05, 0) is 63.9 Å². The Bertz CT molecular complexity index is 861. The molecule has 2 heterocycles. The van der Waals surface area contributed by atoms with E-state index in [9.17, 15) is 4.79 Å². The molecule has 2 aliphatic rings. The van der Waals surface area contributed by atoms with Crippen LogP contribution in [0, 0.1) is 5.92 Å². The molecule has 0 saturated heterocycles. The fourth-order valence-corrected chi connectivity index (χ4v) is 4.81. The van der Waals surface area contributed by atoms with Crippen molar-refractivity contribution in [2.45, 2.75) is 38.3 Å². The van der Waals surface area contributed by atoms with Crippen molar-refractivity contribution in [3.8, 4) is 0 Å². The average molecular weight is 387 g/mol. The second-order valence-electron chi connectivity index (χ2n) is 8.24. The third kappa shape index (κ3) is 3.50. The number of nitrogens with zero attached hydrogens (tertiary/aromatic N) is 4. The molecular formula is C21H27ClN4O. The third-order valence-corrected chi connectivity index (χ3v) is 6.10. The SMILES string of the molecule is CN(C)C[C@H]1CC[C@H](N2C(=O)N(C)Cc3cnc4ccc(Cl)cc4c32)CC1. The van der Waals surface area contributed by atoms with Crippen LogP contribution < -0.4 is 4.90 Å². The number of halogens is 1. The van der Waals surface area contributed by atoms with Gasteiger partial charge in [-0.3, -0.25) is 9.88 Å². The van der Waals surface area contributed by atoms with Crippen LogP contribution in [0.25, 0.3) is 10.9 Å². The first-order valence-electron chi connectivity index (χ1n) is 9.70. The summed E-state index contributed by atoms with van der Waals surface area (Å²) in [6.07, 6.45) is 6.33. The molecule has 6 heteroatoms. The van der Waals surface area contributed by atoms with Gasteiger partial charge in [-0.15, -0.1) is 0 Å². The van der Waals surface area contributed by atoms with Gasteiger partial charge in [-0.25, -0.2) is 4.79 Å². The summed E-state index contributed by atoms with van der Waals surface area (Å²) >= 11 is 6.28. The van der Waals surface area contributed by atoms with Crippen LogP contribution in [0.5, 0.6) is 0 Å². The molecule has 2 aromatic rings. The quantitative estimate of drug-likeness (QED) is 0.785. The topological polar surface area (TPSA) is 39.7 Å². The van der Waals surface area contributed by atoms with E-state index in [2.05, 4.69) is 24.0 Å². The van der Waals surface area contributed by atoms with Gasteiger partial charge in [0.2, 0.25) is 0 Å². The predicted molar refractivity (Wildman–Crippen MR) is 110 cm³/mol. The molecule has 0 N–H and O–H groups in total. The molecule has 1 aromatic carbocycles. The molecule has 1 aromatic heterocycles. The summed E-state index contributed by atoms with van der Waals surface area (Å²) in [5, 5.41) is 1.66. The van der Waals surface area contributed by atoms with E-state index in [-0.39, 0.29) is 12.1 Å². The summed E-state index contributed by atoms with van der Waals surface area (Å²) in [6.45, 7) is 1.72. The lowest BCUT2D eigenvalue weighted by molar-refractivity contribution is 0.198. The van der Waals surface area contributed by atoms with Gasteiger partial charge in [0.15, 0.2) is 0 Å². The van der Waals surface area contributed by atoms with Crippen molar-refractivity contribution in [1.82, 2.24) is 14.8 Å². The lowest BCUT2D eigenvalue weighted by Crippen LogP contribution is -2.51. The number of carbonyl (C=O) groups is 1. The molecular weight excluding hydrogens is 360 g/mol. The smallest absolute Gasteiger partial charge is 0.323 e. The van der Waals surface area contributed by atoms with Crippen molar-refractivity contribution >= 4 is 34.2 Å². The number of amides is 2. The molecule has 1 saturated carbocycles. The van der Waals surface area contributed by atoms with Gasteiger partial charge in [0.25, 0.3) is 0 Å². The van der Waals surface area contributed by atoms with Crippen molar-refractivity contribution < 1.29 is 4.79 Å². The summed E-state index contributed by atoms with van der Waals surface area (Å²) in [5.41, 5.74) is 3.01. The Labute approximate surface area is 165 Å². The van der Waals surface area contributed by atoms with Crippen LogP contribution >= 0.6 is 11.6 Å². The number of carbonyl (C=O) groups excluding carboxylic acids is 1. The van der Waals surface area contributed by atoms with Crippen molar-refractivity contribution in [3.05, 3.63) is 35.0 Å². The molecule has 0 radical (unpaired) electrons. The zero-order chi connectivity index (χ0) is 19.1. The molecule has 1 aliphatic heterocycles. The van der Waals surface area contributed by atoms with E-state index in [4.69, 9.17) is 11.6 Å². The van der Waals surface area contributed by atoms with Crippen LogP contribution in [0.15, 0.2) is 24.4 Å². The van der Waals surface area contributed by atoms with Gasteiger partial charge >= 0.3 is 6.03 Å². The first-order valence-corrected chi connectivity index (χ1v) is 10.1. The van der Waals surface area contributed by atoms with Crippen molar-refractivity contribution in [2.24, 2.45) is 5.92 Å². The van der Waals surface area contributed by atoms with Crippen molar-refractivity contribution in [2.75, 3.05) is 32.6 Å². The highest BCUT2D eigenvalue weighted by atomic mass is 35.5.